The van der Waals surface area contributed by atoms with Crippen LogP contribution >= 0.6 is 0 Å². The Balaban J connectivity index is 1.64. The van der Waals surface area contributed by atoms with Crippen LogP contribution in [0.2, 0.25) is 0 Å². The van der Waals surface area contributed by atoms with E-state index in [1.54, 1.807) is 24.3 Å². The number of hydrogen-bond donors (Lipinski definition) is 1. The van der Waals surface area contributed by atoms with Gasteiger partial charge in [-0.3, -0.25) is 5.32 Å². The third-order valence-electron chi connectivity index (χ3n) is 6.12. The number of carbonyl (C=O) groups excluding carboxylic acids is 1. The molecule has 0 bridgehead atoms. The zero-order valence-electron chi connectivity index (χ0n) is 22.2. The minimum Gasteiger partial charge on any atom is -0.444 e. The van der Waals surface area contributed by atoms with E-state index in [0.29, 0.717) is 0 Å². The highest BCUT2D eigenvalue weighted by Gasteiger charge is 2.26. The normalized spacial score (nSPS) is 11.6. The van der Waals surface area contributed by atoms with Gasteiger partial charge in [0.25, 0.3) is 10.0 Å². The van der Waals surface area contributed by atoms with Gasteiger partial charge in [-0.1, -0.05) is 48.0 Å². The van der Waals surface area contributed by atoms with Crippen LogP contribution in [-0.4, -0.2) is 48.1 Å². The van der Waals surface area contributed by atoms with E-state index in [4.69, 9.17) is 4.74 Å². The summed E-state index contributed by atoms with van der Waals surface area (Å²) in [5.74, 6) is 0. The summed E-state index contributed by atoms with van der Waals surface area (Å²) >= 11 is 0. The molecule has 5 aromatic rings. The van der Waals surface area contributed by atoms with Crippen LogP contribution in [0.4, 0.5) is 10.5 Å². The molecule has 0 saturated heterocycles. The number of sulfone groups is 1. The molecule has 0 spiro atoms. The van der Waals surface area contributed by atoms with Crippen LogP contribution in [0.1, 0.15) is 16.7 Å². The van der Waals surface area contributed by atoms with Crippen molar-refractivity contribution in [2.45, 2.75) is 23.6 Å². The van der Waals surface area contributed by atoms with Gasteiger partial charge in [-0.05, 0) is 30.7 Å². The molecule has 3 heterocycles. The van der Waals surface area contributed by atoms with Crippen LogP contribution < -0.4 is 5.32 Å². The minimum absolute atomic E-state index is 0.0134. The van der Waals surface area contributed by atoms with E-state index in [2.05, 4.69) is 20.3 Å². The molecule has 0 aliphatic heterocycles. The number of aryl methyl sites for hydroxylation is 1. The summed E-state index contributed by atoms with van der Waals surface area (Å²) in [7, 11) is -8.08. The number of hydrogen-bond acceptors (Lipinski definition) is 10. The van der Waals surface area contributed by atoms with Crippen molar-refractivity contribution in [1.82, 2.24) is 18.9 Å². The van der Waals surface area contributed by atoms with E-state index in [9.17, 15) is 26.9 Å². The molecular formula is C28H22N6O6S2. The fraction of sp³-hybridized carbons (Fsp3) is 0.107. The van der Waals surface area contributed by atoms with Crippen molar-refractivity contribution >= 4 is 42.7 Å². The fourth-order valence-electron chi connectivity index (χ4n) is 4.05. The van der Waals surface area contributed by atoms with Crippen molar-refractivity contribution in [2.24, 2.45) is 0 Å². The quantitative estimate of drug-likeness (QED) is 0.268. The van der Waals surface area contributed by atoms with Gasteiger partial charge in [0.05, 0.1) is 34.2 Å². The third-order valence-corrected chi connectivity index (χ3v) is 8.65. The van der Waals surface area contributed by atoms with Crippen molar-refractivity contribution in [3.05, 3.63) is 95.9 Å². The van der Waals surface area contributed by atoms with Gasteiger partial charge in [0.1, 0.15) is 12.7 Å². The van der Waals surface area contributed by atoms with Crippen LogP contribution in [0.3, 0.4) is 0 Å². The van der Waals surface area contributed by atoms with Crippen molar-refractivity contribution in [3.63, 3.8) is 0 Å². The number of nitriles is 1. The first-order chi connectivity index (χ1) is 20.0. The average molecular weight is 603 g/mol. The smallest absolute Gasteiger partial charge is 0.412 e. The highest BCUT2D eigenvalue weighted by molar-refractivity contribution is 7.90. The van der Waals surface area contributed by atoms with Gasteiger partial charge in [0.15, 0.2) is 5.65 Å². The first-order valence-corrected chi connectivity index (χ1v) is 15.6. The number of pyridine rings is 1. The largest absolute Gasteiger partial charge is 0.444 e. The highest BCUT2D eigenvalue weighted by Crippen LogP contribution is 2.34. The number of amides is 1. The number of carbonyl (C=O) groups is 1. The van der Waals surface area contributed by atoms with Gasteiger partial charge in [-0.2, -0.15) is 5.26 Å². The van der Waals surface area contributed by atoms with Crippen LogP contribution in [0.15, 0.2) is 89.3 Å². The molecule has 2 aromatic carbocycles. The number of fused-ring (bicyclic) bond motifs is 1. The lowest BCUT2D eigenvalue weighted by molar-refractivity contribution is 0.155. The lowest BCUT2D eigenvalue weighted by atomic mass is 10.1. The molecule has 12 nitrogen and oxygen atoms in total. The molecule has 5 rings (SSSR count). The molecule has 42 heavy (non-hydrogen) atoms. The standard InChI is InChI=1S/C28H22N6O6S2/c1-18-8-10-22(11-9-18)42(38,39)34-16-24(25-20(13-29)14-31-27(33-25)41(2,36)37)23-12-21(15-30-26(23)34)32-28(35)40-17-19-6-4-3-5-7-19/h3-12,14-16H,17H2,1-2H3,(H,32,35). The molecular weight excluding hydrogens is 580 g/mol. The van der Waals surface area contributed by atoms with E-state index < -0.39 is 31.1 Å². The lowest BCUT2D eigenvalue weighted by Gasteiger charge is -2.09. The molecule has 0 unspecified atom stereocenters. The number of nitrogens with one attached hydrogen (secondary N) is 1. The van der Waals surface area contributed by atoms with Crippen LogP contribution in [0.25, 0.3) is 22.3 Å². The third kappa shape index (κ3) is 5.69. The monoisotopic (exact) mass is 602 g/mol. The molecule has 0 fully saturated rings. The second-order valence-electron chi connectivity index (χ2n) is 9.24. The maximum atomic E-state index is 13.7. The summed E-state index contributed by atoms with van der Waals surface area (Å²) in [6, 6.07) is 18.6. The summed E-state index contributed by atoms with van der Waals surface area (Å²) in [4.78, 5) is 24.7. The van der Waals surface area contributed by atoms with E-state index in [1.165, 1.54) is 30.6 Å². The van der Waals surface area contributed by atoms with E-state index in [1.807, 2.05) is 31.2 Å². The molecule has 0 atom stereocenters. The maximum Gasteiger partial charge on any atom is 0.412 e. The van der Waals surface area contributed by atoms with Crippen LogP contribution in [0.5, 0.6) is 0 Å². The van der Waals surface area contributed by atoms with Gasteiger partial charge in [0.2, 0.25) is 15.0 Å². The Hall–Kier alpha value is -5.13. The summed E-state index contributed by atoms with van der Waals surface area (Å²) in [6.07, 6.45) is 3.64. The Morgan fingerprint density at radius 2 is 1.74 bits per heavy atom. The summed E-state index contributed by atoms with van der Waals surface area (Å²) in [5.41, 5.74) is 1.60. The number of nitrogens with zero attached hydrogens (tertiary/aromatic N) is 5. The molecule has 0 saturated carbocycles. The Labute approximate surface area is 241 Å². The summed E-state index contributed by atoms with van der Waals surface area (Å²) < 4.78 is 58.0. The molecule has 212 valence electrons. The predicted octanol–water partition coefficient (Wildman–Crippen LogP) is 4.06. The van der Waals surface area contributed by atoms with E-state index in [0.717, 1.165) is 27.6 Å². The Morgan fingerprint density at radius 1 is 1.02 bits per heavy atom. The molecule has 0 aliphatic carbocycles. The minimum atomic E-state index is -4.21. The number of benzene rings is 2. The number of anilines is 1. The van der Waals surface area contributed by atoms with Crippen molar-refractivity contribution in [1.29, 1.82) is 5.26 Å². The van der Waals surface area contributed by atoms with Crippen LogP contribution in [-0.2, 0) is 31.2 Å². The number of ether oxygens (including phenoxy) is 1. The van der Waals surface area contributed by atoms with Crippen molar-refractivity contribution in [2.75, 3.05) is 11.6 Å². The molecule has 0 aliphatic rings. The Morgan fingerprint density at radius 3 is 2.40 bits per heavy atom. The summed E-state index contributed by atoms with van der Waals surface area (Å²) in [6.45, 7) is 1.83. The van der Waals surface area contributed by atoms with Gasteiger partial charge < -0.3 is 4.74 Å². The van der Waals surface area contributed by atoms with Gasteiger partial charge in [-0.25, -0.2) is 40.6 Å². The molecule has 14 heteroatoms. The van der Waals surface area contributed by atoms with E-state index in [-0.39, 0.29) is 45.0 Å². The highest BCUT2D eigenvalue weighted by atomic mass is 32.2. The molecule has 0 radical (unpaired) electrons. The Bertz CT molecular complexity index is 2090. The average Bonchev–Trinajstić information content (AvgIpc) is 3.35. The second-order valence-corrected chi connectivity index (χ2v) is 13.0. The van der Waals surface area contributed by atoms with Crippen molar-refractivity contribution < 1.29 is 26.4 Å². The SMILES string of the molecule is Cc1ccc(S(=O)(=O)n2cc(-c3nc(S(C)(=O)=O)ncc3C#N)c3cc(NC(=O)OCc4ccccc4)cnc32)cc1. The topological polar surface area (TPSA) is 174 Å². The molecule has 1 N–H and O–H groups in total. The van der Waals surface area contributed by atoms with E-state index >= 15 is 0 Å². The fourth-order valence-corrected chi connectivity index (χ4v) is 5.88. The zero-order valence-corrected chi connectivity index (χ0v) is 23.8. The second kappa shape index (κ2) is 11.0. The van der Waals surface area contributed by atoms with Gasteiger partial charge in [-0.15, -0.1) is 0 Å². The molecule has 1 amide bonds. The predicted molar refractivity (Wildman–Crippen MR) is 153 cm³/mol. The zero-order chi connectivity index (χ0) is 30.1. The van der Waals surface area contributed by atoms with Crippen LogP contribution in [0, 0.1) is 18.3 Å². The summed E-state index contributed by atoms with van der Waals surface area (Å²) in [5, 5.41) is 11.9. The number of rotatable bonds is 7. The lowest BCUT2D eigenvalue weighted by Crippen LogP contribution is -2.14. The maximum absolute atomic E-state index is 13.7. The van der Waals surface area contributed by atoms with Gasteiger partial charge in [0, 0.05) is 23.4 Å². The number of aromatic nitrogens is 4. The molecule has 3 aromatic heterocycles. The van der Waals surface area contributed by atoms with Crippen molar-refractivity contribution in [3.8, 4) is 17.3 Å². The first-order valence-electron chi connectivity index (χ1n) is 12.3. The first kappa shape index (κ1) is 28.4. The Kier molecular flexibility index (Phi) is 7.46. The van der Waals surface area contributed by atoms with Gasteiger partial charge >= 0.3 is 6.09 Å².